The quantitative estimate of drug-likeness (QED) is 0.226. The van der Waals surface area contributed by atoms with E-state index in [1.807, 2.05) is 35.2 Å². The van der Waals surface area contributed by atoms with Crippen molar-refractivity contribution in [1.29, 1.82) is 0 Å². The van der Waals surface area contributed by atoms with E-state index in [4.69, 9.17) is 4.74 Å². The Bertz CT molecular complexity index is 1310. The molecule has 0 aliphatic carbocycles. The maximum Gasteiger partial charge on any atom is 0.416 e. The van der Waals surface area contributed by atoms with Crippen LogP contribution in [0.3, 0.4) is 0 Å². The molecule has 0 radical (unpaired) electrons. The van der Waals surface area contributed by atoms with E-state index in [1.54, 1.807) is 6.07 Å². The molecule has 0 spiro atoms. The number of nitrogens with zero attached hydrogens (tertiary/aromatic N) is 1. The molecule has 0 amide bonds. The number of hydrogen-bond donors (Lipinski definition) is 1. The highest BCUT2D eigenvalue weighted by Gasteiger charge is 2.30. The van der Waals surface area contributed by atoms with E-state index in [2.05, 4.69) is 0 Å². The average Bonchev–Trinajstić information content (AvgIpc) is 2.84. The summed E-state index contributed by atoms with van der Waals surface area (Å²) in [6.45, 7) is 2.78. The van der Waals surface area contributed by atoms with Gasteiger partial charge in [-0.05, 0) is 43.0 Å². The highest BCUT2D eigenvalue weighted by Crippen LogP contribution is 2.31. The molecule has 3 aromatic carbocycles. The SMILES string of the molecule is CC(O)c1c(F)cc(OCCCN(CCc2ccccc2)Cc2cccc(C(F)(F)F)c2)cc1S(C)(=O)=O. The number of hydrogen-bond acceptors (Lipinski definition) is 5. The zero-order valence-electron chi connectivity index (χ0n) is 21.2. The van der Waals surface area contributed by atoms with Crippen LogP contribution in [-0.4, -0.2) is 44.4 Å². The maximum absolute atomic E-state index is 14.6. The van der Waals surface area contributed by atoms with Crippen molar-refractivity contribution < 1.29 is 35.8 Å². The monoisotopic (exact) mass is 553 g/mol. The van der Waals surface area contributed by atoms with Crippen LogP contribution in [0.5, 0.6) is 5.75 Å². The Morgan fingerprint density at radius 3 is 2.29 bits per heavy atom. The second-order valence-electron chi connectivity index (χ2n) is 9.18. The molecule has 1 atom stereocenters. The van der Waals surface area contributed by atoms with Crippen LogP contribution in [0.25, 0.3) is 0 Å². The van der Waals surface area contributed by atoms with Crippen molar-refractivity contribution in [2.45, 2.75) is 43.5 Å². The van der Waals surface area contributed by atoms with E-state index in [9.17, 15) is 31.1 Å². The summed E-state index contributed by atoms with van der Waals surface area (Å²) < 4.78 is 83.9. The van der Waals surface area contributed by atoms with Gasteiger partial charge in [-0.2, -0.15) is 13.2 Å². The number of rotatable bonds is 12. The first-order valence-corrected chi connectivity index (χ1v) is 14.0. The van der Waals surface area contributed by atoms with Crippen LogP contribution >= 0.6 is 0 Å². The third-order valence-corrected chi connectivity index (χ3v) is 7.13. The summed E-state index contributed by atoms with van der Waals surface area (Å²) in [6, 6.07) is 17.2. The number of benzene rings is 3. The molecule has 0 saturated heterocycles. The van der Waals surface area contributed by atoms with Gasteiger partial charge in [-0.3, -0.25) is 4.90 Å². The van der Waals surface area contributed by atoms with E-state index in [1.165, 1.54) is 19.1 Å². The number of alkyl halides is 3. The summed E-state index contributed by atoms with van der Waals surface area (Å²) in [4.78, 5) is 1.68. The lowest BCUT2D eigenvalue weighted by molar-refractivity contribution is -0.137. The summed E-state index contributed by atoms with van der Waals surface area (Å²) in [7, 11) is -3.82. The maximum atomic E-state index is 14.6. The van der Waals surface area contributed by atoms with Crippen molar-refractivity contribution in [1.82, 2.24) is 4.90 Å². The predicted octanol–water partition coefficient (Wildman–Crippen LogP) is 5.82. The summed E-state index contributed by atoms with van der Waals surface area (Å²) in [6.07, 6.45) is -3.66. The highest BCUT2D eigenvalue weighted by atomic mass is 32.2. The second-order valence-corrected chi connectivity index (χ2v) is 11.2. The third kappa shape index (κ3) is 8.54. The minimum atomic E-state index is -4.43. The predicted molar refractivity (Wildman–Crippen MR) is 137 cm³/mol. The summed E-state index contributed by atoms with van der Waals surface area (Å²) in [5, 5.41) is 9.82. The molecule has 0 heterocycles. The second kappa shape index (κ2) is 12.7. The molecule has 0 fully saturated rings. The zero-order chi connectivity index (χ0) is 27.9. The van der Waals surface area contributed by atoms with Crippen molar-refractivity contribution >= 4 is 9.84 Å². The van der Waals surface area contributed by atoms with E-state index in [0.29, 0.717) is 38.0 Å². The van der Waals surface area contributed by atoms with Crippen molar-refractivity contribution in [3.8, 4) is 5.75 Å². The smallest absolute Gasteiger partial charge is 0.416 e. The Morgan fingerprint density at radius 1 is 0.974 bits per heavy atom. The Hall–Kier alpha value is -2.95. The number of halogens is 4. The van der Waals surface area contributed by atoms with Crippen LogP contribution < -0.4 is 4.74 Å². The lowest BCUT2D eigenvalue weighted by Gasteiger charge is -2.23. The van der Waals surface area contributed by atoms with Gasteiger partial charge >= 0.3 is 6.18 Å². The molecule has 38 heavy (non-hydrogen) atoms. The summed E-state index contributed by atoms with van der Waals surface area (Å²) >= 11 is 0. The molecular formula is C28H31F4NO4S. The first-order chi connectivity index (χ1) is 17.8. The Labute approximate surface area is 220 Å². The fourth-order valence-corrected chi connectivity index (χ4v) is 5.15. The Kier molecular flexibility index (Phi) is 9.92. The van der Waals surface area contributed by atoms with Gasteiger partial charge in [0.15, 0.2) is 9.84 Å². The van der Waals surface area contributed by atoms with Crippen molar-refractivity contribution in [3.05, 3.63) is 94.8 Å². The molecule has 5 nitrogen and oxygen atoms in total. The Morgan fingerprint density at radius 2 is 1.66 bits per heavy atom. The summed E-state index contributed by atoms with van der Waals surface area (Å²) in [5.74, 6) is -0.868. The molecule has 206 valence electrons. The van der Waals surface area contributed by atoms with Crippen LogP contribution in [0, 0.1) is 5.82 Å². The molecule has 10 heteroatoms. The van der Waals surface area contributed by atoms with E-state index >= 15 is 0 Å². The summed E-state index contributed by atoms with van der Waals surface area (Å²) in [5.41, 5.74) is 0.612. The lowest BCUT2D eigenvalue weighted by Crippen LogP contribution is -2.28. The van der Waals surface area contributed by atoms with Crippen molar-refractivity contribution in [2.24, 2.45) is 0 Å². The lowest BCUT2D eigenvalue weighted by atomic mass is 10.1. The van der Waals surface area contributed by atoms with Gasteiger partial charge in [0, 0.05) is 37.5 Å². The van der Waals surface area contributed by atoms with Gasteiger partial charge in [-0.1, -0.05) is 48.5 Å². The van der Waals surface area contributed by atoms with Crippen LogP contribution in [-0.2, 0) is 29.0 Å². The molecule has 0 saturated carbocycles. The fraction of sp³-hybridized carbons (Fsp3) is 0.357. The number of aliphatic hydroxyl groups excluding tert-OH is 1. The first-order valence-electron chi connectivity index (χ1n) is 12.1. The molecule has 0 bridgehead atoms. The number of aliphatic hydroxyl groups is 1. The van der Waals surface area contributed by atoms with Crippen LogP contribution in [0.2, 0.25) is 0 Å². The molecule has 1 unspecified atom stereocenters. The molecule has 3 rings (SSSR count). The average molecular weight is 554 g/mol. The van der Waals surface area contributed by atoms with Gasteiger partial charge < -0.3 is 9.84 Å². The Balaban J connectivity index is 1.69. The van der Waals surface area contributed by atoms with E-state index in [-0.39, 0.29) is 22.8 Å². The number of sulfone groups is 1. The molecular weight excluding hydrogens is 522 g/mol. The zero-order valence-corrected chi connectivity index (χ0v) is 22.0. The van der Waals surface area contributed by atoms with Crippen LogP contribution in [0.4, 0.5) is 17.6 Å². The third-order valence-electron chi connectivity index (χ3n) is 5.99. The van der Waals surface area contributed by atoms with Crippen LogP contribution in [0.1, 0.15) is 41.7 Å². The largest absolute Gasteiger partial charge is 0.493 e. The van der Waals surface area contributed by atoms with Gasteiger partial charge in [0.05, 0.1) is 23.2 Å². The van der Waals surface area contributed by atoms with Crippen LogP contribution in [0.15, 0.2) is 71.6 Å². The normalized spacial score (nSPS) is 13.1. The van der Waals surface area contributed by atoms with E-state index < -0.39 is 33.5 Å². The molecule has 0 aliphatic heterocycles. The topological polar surface area (TPSA) is 66.8 Å². The van der Waals surface area contributed by atoms with Crippen molar-refractivity contribution in [2.75, 3.05) is 26.0 Å². The first kappa shape index (κ1) is 29.6. The van der Waals surface area contributed by atoms with Gasteiger partial charge in [0.1, 0.15) is 11.6 Å². The fourth-order valence-electron chi connectivity index (χ4n) is 4.15. The minimum Gasteiger partial charge on any atom is -0.493 e. The van der Waals surface area contributed by atoms with Gasteiger partial charge in [0.25, 0.3) is 0 Å². The number of ether oxygens (including phenoxy) is 1. The molecule has 3 aromatic rings. The van der Waals surface area contributed by atoms with Gasteiger partial charge in [-0.15, -0.1) is 0 Å². The molecule has 0 aromatic heterocycles. The highest BCUT2D eigenvalue weighted by molar-refractivity contribution is 7.90. The van der Waals surface area contributed by atoms with E-state index in [0.717, 1.165) is 30.0 Å². The van der Waals surface area contributed by atoms with Gasteiger partial charge in [0.2, 0.25) is 0 Å². The van der Waals surface area contributed by atoms with Crippen molar-refractivity contribution in [3.63, 3.8) is 0 Å². The standard InChI is InChI=1S/C28H31F4NO4S/c1-20(34)27-25(29)17-24(18-26(27)38(2,35)36)37-15-7-13-33(14-12-21-8-4-3-5-9-21)19-22-10-6-11-23(16-22)28(30,31)32/h3-6,8-11,16-18,20,34H,7,12-15,19H2,1-2H3. The molecule has 0 aliphatic rings. The minimum absolute atomic E-state index is 0.0149. The van der Waals surface area contributed by atoms with Gasteiger partial charge in [-0.25, -0.2) is 12.8 Å². The molecule has 1 N–H and O–H groups in total.